The molecular weight excluding hydrogens is 384 g/mol. The first kappa shape index (κ1) is 21.4. The molecule has 9 heteroatoms. The highest BCUT2D eigenvalue weighted by atomic mass is 32.1. The minimum absolute atomic E-state index is 0.111. The highest BCUT2D eigenvalue weighted by molar-refractivity contribution is 7.18. The molecule has 0 radical (unpaired) electrons. The molecule has 8 nitrogen and oxygen atoms in total. The number of rotatable bonds is 7. The lowest BCUT2D eigenvalue weighted by atomic mass is 10.1. The zero-order chi connectivity index (χ0) is 20.8. The Morgan fingerprint density at radius 2 is 1.71 bits per heavy atom. The Balaban J connectivity index is 2.34. The monoisotopic (exact) mass is 406 g/mol. The third-order valence-electron chi connectivity index (χ3n) is 3.79. The number of esters is 2. The van der Waals surface area contributed by atoms with Gasteiger partial charge in [-0.3, -0.25) is 9.59 Å². The van der Waals surface area contributed by atoms with Crippen molar-refractivity contribution in [3.63, 3.8) is 0 Å². The molecule has 0 atom stereocenters. The molecule has 1 amide bonds. The van der Waals surface area contributed by atoms with Crippen molar-refractivity contribution in [3.05, 3.63) is 50.3 Å². The molecule has 0 spiro atoms. The molecule has 0 saturated carbocycles. The van der Waals surface area contributed by atoms with Crippen molar-refractivity contribution in [2.24, 2.45) is 0 Å². The van der Waals surface area contributed by atoms with Crippen LogP contribution in [0.25, 0.3) is 0 Å². The largest absolute Gasteiger partial charge is 0.462 e. The van der Waals surface area contributed by atoms with Crippen molar-refractivity contribution in [2.45, 2.75) is 34.2 Å². The van der Waals surface area contributed by atoms with Gasteiger partial charge in [0.15, 0.2) is 0 Å². The highest BCUT2D eigenvalue weighted by Crippen LogP contribution is 2.34. The van der Waals surface area contributed by atoms with Crippen molar-refractivity contribution in [1.82, 2.24) is 4.57 Å². The predicted molar refractivity (Wildman–Crippen MR) is 105 cm³/mol. The van der Waals surface area contributed by atoms with Gasteiger partial charge in [-0.05, 0) is 38.8 Å². The first-order valence-electron chi connectivity index (χ1n) is 8.73. The Labute approximate surface area is 166 Å². The van der Waals surface area contributed by atoms with Crippen LogP contribution in [0.5, 0.6) is 0 Å². The van der Waals surface area contributed by atoms with E-state index in [0.717, 1.165) is 16.9 Å². The topological polar surface area (TPSA) is 104 Å². The smallest absolute Gasteiger partial charge is 0.348 e. The second-order valence-electron chi connectivity index (χ2n) is 5.92. The van der Waals surface area contributed by atoms with Gasteiger partial charge in [-0.25, -0.2) is 9.59 Å². The number of aryl methyl sites for hydroxylation is 1. The molecule has 2 aromatic rings. The van der Waals surface area contributed by atoms with E-state index >= 15 is 0 Å². The standard InChI is InChI=1S/C19H22N2O6S/c1-5-26-18(24)15-12(4)16(19(25)27-6-2)28-17(15)20-13(22)10-21-9-11(3)7-8-14(21)23/h7-9H,5-6,10H2,1-4H3,(H,20,22). The molecule has 0 aliphatic heterocycles. The summed E-state index contributed by atoms with van der Waals surface area (Å²) in [5, 5.41) is 2.80. The van der Waals surface area contributed by atoms with Crippen molar-refractivity contribution in [2.75, 3.05) is 18.5 Å². The maximum atomic E-state index is 12.5. The second kappa shape index (κ2) is 9.32. The van der Waals surface area contributed by atoms with E-state index in [1.54, 1.807) is 40.0 Å². The molecule has 0 bridgehead atoms. The van der Waals surface area contributed by atoms with E-state index in [9.17, 15) is 19.2 Å². The maximum Gasteiger partial charge on any atom is 0.348 e. The van der Waals surface area contributed by atoms with Crippen LogP contribution in [0, 0.1) is 13.8 Å². The van der Waals surface area contributed by atoms with Gasteiger partial charge in [0.2, 0.25) is 5.91 Å². The fraction of sp³-hybridized carbons (Fsp3) is 0.368. The van der Waals surface area contributed by atoms with Gasteiger partial charge in [0.25, 0.3) is 5.56 Å². The van der Waals surface area contributed by atoms with E-state index in [1.807, 2.05) is 0 Å². The molecule has 0 saturated heterocycles. The van der Waals surface area contributed by atoms with E-state index in [2.05, 4.69) is 5.32 Å². The van der Waals surface area contributed by atoms with Crippen molar-refractivity contribution in [3.8, 4) is 0 Å². The Kier molecular flexibility index (Phi) is 7.11. The van der Waals surface area contributed by atoms with Crippen LogP contribution in [0.15, 0.2) is 23.1 Å². The first-order chi connectivity index (χ1) is 13.3. The van der Waals surface area contributed by atoms with Crippen molar-refractivity contribution >= 4 is 34.2 Å². The first-order valence-corrected chi connectivity index (χ1v) is 9.54. The molecule has 2 rings (SSSR count). The number of nitrogens with one attached hydrogen (secondary N) is 1. The van der Waals surface area contributed by atoms with Gasteiger partial charge in [0.05, 0.1) is 18.8 Å². The molecule has 0 fully saturated rings. The van der Waals surface area contributed by atoms with E-state index in [4.69, 9.17) is 9.47 Å². The number of carbonyl (C=O) groups excluding carboxylic acids is 3. The minimum Gasteiger partial charge on any atom is -0.462 e. The number of ether oxygens (including phenoxy) is 2. The van der Waals surface area contributed by atoms with Crippen LogP contribution in [-0.2, 0) is 20.8 Å². The highest BCUT2D eigenvalue weighted by Gasteiger charge is 2.27. The molecule has 0 aromatic carbocycles. The number of amides is 1. The molecule has 2 aromatic heterocycles. The summed E-state index contributed by atoms with van der Waals surface area (Å²) in [5.41, 5.74) is 1.00. The van der Waals surface area contributed by atoms with Gasteiger partial charge in [0.1, 0.15) is 16.4 Å². The summed E-state index contributed by atoms with van der Waals surface area (Å²) in [5.74, 6) is -1.73. The lowest BCUT2D eigenvalue weighted by Gasteiger charge is -2.09. The average Bonchev–Trinajstić information content (AvgIpc) is 2.94. The summed E-state index contributed by atoms with van der Waals surface area (Å²) in [7, 11) is 0. The van der Waals surface area contributed by atoms with E-state index in [0.29, 0.717) is 5.56 Å². The van der Waals surface area contributed by atoms with Crippen LogP contribution in [0.4, 0.5) is 5.00 Å². The van der Waals surface area contributed by atoms with Gasteiger partial charge in [-0.2, -0.15) is 0 Å². The van der Waals surface area contributed by atoms with Crippen LogP contribution in [0.3, 0.4) is 0 Å². The molecule has 0 unspecified atom stereocenters. The van der Waals surface area contributed by atoms with Gasteiger partial charge >= 0.3 is 11.9 Å². The van der Waals surface area contributed by atoms with Gasteiger partial charge < -0.3 is 19.4 Å². The number of hydrogen-bond acceptors (Lipinski definition) is 7. The lowest BCUT2D eigenvalue weighted by molar-refractivity contribution is -0.116. The molecule has 150 valence electrons. The van der Waals surface area contributed by atoms with Crippen LogP contribution in [-0.4, -0.2) is 35.6 Å². The summed E-state index contributed by atoms with van der Waals surface area (Å²) < 4.78 is 11.3. The number of nitrogens with zero attached hydrogens (tertiary/aromatic N) is 1. The Morgan fingerprint density at radius 1 is 1.07 bits per heavy atom. The zero-order valence-corrected chi connectivity index (χ0v) is 17.0. The molecule has 28 heavy (non-hydrogen) atoms. The molecule has 0 aliphatic rings. The lowest BCUT2D eigenvalue weighted by Crippen LogP contribution is -2.27. The summed E-state index contributed by atoms with van der Waals surface area (Å²) >= 11 is 0.940. The number of carbonyl (C=O) groups is 3. The summed E-state index contributed by atoms with van der Waals surface area (Å²) in [6.45, 7) is 6.84. The molecule has 0 aliphatic carbocycles. The Morgan fingerprint density at radius 3 is 2.36 bits per heavy atom. The van der Waals surface area contributed by atoms with Gasteiger partial charge in [0, 0.05) is 12.3 Å². The minimum atomic E-state index is -0.644. The predicted octanol–water partition coefficient (Wildman–Crippen LogP) is 2.52. The third-order valence-corrected chi connectivity index (χ3v) is 4.97. The Bertz CT molecular complexity index is 960. The maximum absolute atomic E-state index is 12.5. The van der Waals surface area contributed by atoms with E-state index in [-0.39, 0.29) is 40.8 Å². The summed E-state index contributed by atoms with van der Waals surface area (Å²) in [6, 6.07) is 3.03. The van der Waals surface area contributed by atoms with E-state index < -0.39 is 17.8 Å². The van der Waals surface area contributed by atoms with E-state index in [1.165, 1.54) is 10.6 Å². The number of anilines is 1. The normalized spacial score (nSPS) is 10.4. The fourth-order valence-electron chi connectivity index (χ4n) is 2.54. The number of hydrogen-bond donors (Lipinski definition) is 1. The fourth-order valence-corrected chi connectivity index (χ4v) is 3.64. The third kappa shape index (κ3) is 4.86. The number of aromatic nitrogens is 1. The summed E-state index contributed by atoms with van der Waals surface area (Å²) in [6.07, 6.45) is 1.57. The summed E-state index contributed by atoms with van der Waals surface area (Å²) in [4.78, 5) is 49.1. The van der Waals surface area contributed by atoms with Crippen LogP contribution < -0.4 is 10.9 Å². The Hall–Kier alpha value is -2.94. The molecule has 2 heterocycles. The molecular formula is C19H22N2O6S. The second-order valence-corrected chi connectivity index (χ2v) is 6.94. The average molecular weight is 406 g/mol. The van der Waals surface area contributed by atoms with Crippen LogP contribution >= 0.6 is 11.3 Å². The van der Waals surface area contributed by atoms with Crippen LogP contribution in [0.2, 0.25) is 0 Å². The van der Waals surface area contributed by atoms with Crippen LogP contribution in [0.1, 0.15) is 45.0 Å². The van der Waals surface area contributed by atoms with Crippen molar-refractivity contribution < 1.29 is 23.9 Å². The molecule has 1 N–H and O–H groups in total. The number of pyridine rings is 1. The SMILES string of the molecule is CCOC(=O)c1sc(NC(=O)Cn2cc(C)ccc2=O)c(C(=O)OCC)c1C. The van der Waals surface area contributed by atoms with Crippen molar-refractivity contribution in [1.29, 1.82) is 0 Å². The van der Waals surface area contributed by atoms with Gasteiger partial charge in [-0.1, -0.05) is 6.07 Å². The van der Waals surface area contributed by atoms with Gasteiger partial charge in [-0.15, -0.1) is 11.3 Å². The quantitative estimate of drug-likeness (QED) is 0.709. The zero-order valence-electron chi connectivity index (χ0n) is 16.2. The number of thiophene rings is 1.